The Balaban J connectivity index is 7.19. The van der Waals surface area contributed by atoms with Crippen LogP contribution in [0.3, 0.4) is 0 Å². The summed E-state index contributed by atoms with van der Waals surface area (Å²) in [6.07, 6.45) is 28.9. The van der Waals surface area contributed by atoms with Crippen molar-refractivity contribution in [2.75, 3.05) is 39.6 Å². The standard InChI is InChI=1S/C48H94O7/c1-9-17-25-27-29-33-41-53-47(45(51-39-23-15-7)43(35-31-19-11-3)49-37-21-13-5)55-48(54-42-34-30-28-26-18-10-2)46(52-40-24-16-8)44(36-32-20-12-4)50-38-22-14-6/h47-48H,9-42H2,1-8H3. The fraction of sp³-hybridized carbons (Fsp3) is 0.917. The first-order valence-electron chi connectivity index (χ1n) is 23.9. The number of hydrogen-bond acceptors (Lipinski definition) is 7. The van der Waals surface area contributed by atoms with E-state index >= 15 is 0 Å². The van der Waals surface area contributed by atoms with Gasteiger partial charge in [0.25, 0.3) is 0 Å². The van der Waals surface area contributed by atoms with Gasteiger partial charge >= 0.3 is 0 Å². The second kappa shape index (κ2) is 42.2. The topological polar surface area (TPSA) is 64.6 Å². The van der Waals surface area contributed by atoms with E-state index in [1.54, 1.807) is 0 Å². The van der Waals surface area contributed by atoms with Crippen molar-refractivity contribution in [1.29, 1.82) is 0 Å². The second-order valence-corrected chi connectivity index (χ2v) is 15.4. The van der Waals surface area contributed by atoms with Gasteiger partial charge < -0.3 is 33.2 Å². The summed E-state index contributed by atoms with van der Waals surface area (Å²) in [7, 11) is 0. The van der Waals surface area contributed by atoms with E-state index < -0.39 is 12.6 Å². The fourth-order valence-electron chi connectivity index (χ4n) is 6.11. The first-order valence-corrected chi connectivity index (χ1v) is 23.9. The highest BCUT2D eigenvalue weighted by molar-refractivity contribution is 5.09. The molecule has 0 heterocycles. The van der Waals surface area contributed by atoms with Crippen LogP contribution in [0.1, 0.15) is 235 Å². The van der Waals surface area contributed by atoms with Crippen molar-refractivity contribution in [3.63, 3.8) is 0 Å². The zero-order chi connectivity index (χ0) is 40.5. The van der Waals surface area contributed by atoms with Crippen LogP contribution in [0.15, 0.2) is 23.0 Å². The van der Waals surface area contributed by atoms with Crippen LogP contribution >= 0.6 is 0 Å². The van der Waals surface area contributed by atoms with E-state index in [2.05, 4.69) is 55.4 Å². The summed E-state index contributed by atoms with van der Waals surface area (Å²) in [6.45, 7) is 21.5. The van der Waals surface area contributed by atoms with E-state index in [-0.39, 0.29) is 0 Å². The molecule has 0 spiro atoms. The Hall–Kier alpha value is -1.44. The van der Waals surface area contributed by atoms with Crippen molar-refractivity contribution in [2.45, 2.75) is 248 Å². The molecule has 0 aromatic carbocycles. The first-order chi connectivity index (χ1) is 27.1. The van der Waals surface area contributed by atoms with E-state index in [9.17, 15) is 0 Å². The molecule has 7 nitrogen and oxygen atoms in total. The summed E-state index contributed by atoms with van der Waals surface area (Å²) in [5, 5.41) is 0. The molecule has 0 bridgehead atoms. The van der Waals surface area contributed by atoms with Crippen molar-refractivity contribution in [3.05, 3.63) is 23.0 Å². The largest absolute Gasteiger partial charge is 0.494 e. The summed E-state index contributed by atoms with van der Waals surface area (Å²) in [6, 6.07) is 0. The van der Waals surface area contributed by atoms with E-state index in [4.69, 9.17) is 33.2 Å². The molecule has 0 radical (unpaired) electrons. The number of hydrogen-bond donors (Lipinski definition) is 0. The van der Waals surface area contributed by atoms with Gasteiger partial charge in [0.05, 0.1) is 39.6 Å². The highest BCUT2D eigenvalue weighted by atomic mass is 16.8. The van der Waals surface area contributed by atoms with Gasteiger partial charge in [0, 0.05) is 12.8 Å². The fourth-order valence-corrected chi connectivity index (χ4v) is 6.11. The lowest BCUT2D eigenvalue weighted by Gasteiger charge is -2.30. The Bertz CT molecular complexity index is 765. The van der Waals surface area contributed by atoms with Crippen LogP contribution in [0, 0.1) is 0 Å². The van der Waals surface area contributed by atoms with Crippen LogP contribution in [-0.2, 0) is 33.2 Å². The van der Waals surface area contributed by atoms with E-state index in [0.29, 0.717) is 51.2 Å². The number of ether oxygens (including phenoxy) is 7. The highest BCUT2D eigenvalue weighted by Crippen LogP contribution is 2.29. The van der Waals surface area contributed by atoms with E-state index in [1.807, 2.05) is 0 Å². The molecule has 0 saturated heterocycles. The maximum atomic E-state index is 7.14. The third kappa shape index (κ3) is 30.3. The molecule has 328 valence electrons. The monoisotopic (exact) mass is 783 g/mol. The van der Waals surface area contributed by atoms with E-state index in [1.165, 1.54) is 51.4 Å². The van der Waals surface area contributed by atoms with E-state index in [0.717, 1.165) is 140 Å². The number of unbranched alkanes of at least 4 members (excludes halogenated alkanes) is 18. The lowest BCUT2D eigenvalue weighted by atomic mass is 10.1. The van der Waals surface area contributed by atoms with Gasteiger partial charge in [0.15, 0.2) is 11.5 Å². The molecule has 7 heteroatoms. The van der Waals surface area contributed by atoms with Gasteiger partial charge in [-0.1, -0.05) is 171 Å². The summed E-state index contributed by atoms with van der Waals surface area (Å²) >= 11 is 0. The maximum absolute atomic E-state index is 7.14. The van der Waals surface area contributed by atoms with Gasteiger partial charge in [0.1, 0.15) is 11.5 Å². The van der Waals surface area contributed by atoms with Crippen LogP contribution in [0.25, 0.3) is 0 Å². The van der Waals surface area contributed by atoms with Crippen molar-refractivity contribution >= 4 is 0 Å². The Labute approximate surface area is 342 Å². The van der Waals surface area contributed by atoms with Crippen LogP contribution in [-0.4, -0.2) is 52.2 Å². The molecule has 2 unspecified atom stereocenters. The van der Waals surface area contributed by atoms with Gasteiger partial charge in [-0.3, -0.25) is 0 Å². The molecule has 2 atom stereocenters. The quantitative estimate of drug-likeness (QED) is 0.0346. The smallest absolute Gasteiger partial charge is 0.223 e. The maximum Gasteiger partial charge on any atom is 0.223 e. The molecule has 0 aliphatic carbocycles. The molecular formula is C48H94O7. The molecule has 0 N–H and O–H groups in total. The lowest BCUT2D eigenvalue weighted by molar-refractivity contribution is -0.243. The van der Waals surface area contributed by atoms with Gasteiger partial charge in [-0.2, -0.15) is 0 Å². The van der Waals surface area contributed by atoms with Gasteiger partial charge in [-0.25, -0.2) is 0 Å². The van der Waals surface area contributed by atoms with Gasteiger partial charge in [-0.15, -0.1) is 0 Å². The predicted octanol–water partition coefficient (Wildman–Crippen LogP) is 15.3. The lowest BCUT2D eigenvalue weighted by Crippen LogP contribution is -2.34. The molecule has 0 saturated carbocycles. The normalized spacial score (nSPS) is 13.7. The van der Waals surface area contributed by atoms with Crippen LogP contribution in [0.5, 0.6) is 0 Å². The molecular weight excluding hydrogens is 689 g/mol. The Morgan fingerprint density at radius 2 is 0.582 bits per heavy atom. The average Bonchev–Trinajstić information content (AvgIpc) is 3.19. The van der Waals surface area contributed by atoms with Gasteiger partial charge in [0.2, 0.25) is 12.6 Å². The molecule has 0 rings (SSSR count). The highest BCUT2D eigenvalue weighted by Gasteiger charge is 2.32. The van der Waals surface area contributed by atoms with Crippen molar-refractivity contribution < 1.29 is 33.2 Å². The minimum atomic E-state index is -0.794. The molecule has 0 aromatic heterocycles. The molecule has 0 fully saturated rings. The van der Waals surface area contributed by atoms with Crippen LogP contribution in [0.2, 0.25) is 0 Å². The minimum Gasteiger partial charge on any atom is -0.494 e. The van der Waals surface area contributed by atoms with Crippen molar-refractivity contribution in [1.82, 2.24) is 0 Å². The summed E-state index contributed by atoms with van der Waals surface area (Å²) in [5.41, 5.74) is 0. The Morgan fingerprint density at radius 3 is 0.927 bits per heavy atom. The predicted molar refractivity (Wildman–Crippen MR) is 233 cm³/mol. The molecule has 0 aliphatic heterocycles. The van der Waals surface area contributed by atoms with Gasteiger partial charge in [-0.05, 0) is 51.4 Å². The minimum absolute atomic E-state index is 0.574. The average molecular weight is 783 g/mol. The first kappa shape index (κ1) is 53.6. The van der Waals surface area contributed by atoms with Crippen molar-refractivity contribution in [3.8, 4) is 0 Å². The van der Waals surface area contributed by atoms with Crippen LogP contribution < -0.4 is 0 Å². The third-order valence-corrected chi connectivity index (χ3v) is 9.83. The molecule has 0 amide bonds. The molecule has 55 heavy (non-hydrogen) atoms. The number of allylic oxidation sites excluding steroid dienone is 2. The summed E-state index contributed by atoms with van der Waals surface area (Å²) in [4.78, 5) is 0. The summed E-state index contributed by atoms with van der Waals surface area (Å²) < 4.78 is 47.4. The number of rotatable bonds is 44. The second-order valence-electron chi connectivity index (χ2n) is 15.4. The zero-order valence-electron chi connectivity index (χ0n) is 38.1. The summed E-state index contributed by atoms with van der Waals surface area (Å²) in [5.74, 6) is 3.07. The zero-order valence-corrected chi connectivity index (χ0v) is 38.1. The van der Waals surface area contributed by atoms with Crippen molar-refractivity contribution in [2.24, 2.45) is 0 Å². The Kier molecular flexibility index (Phi) is 41.1. The van der Waals surface area contributed by atoms with Crippen LogP contribution in [0.4, 0.5) is 0 Å². The third-order valence-electron chi connectivity index (χ3n) is 9.83. The molecule has 0 aliphatic rings. The molecule has 0 aromatic rings. The SMILES string of the molecule is CCCCCCCCOC(OC(OCCCCCCCC)C(OCCCC)=C(CCCCC)OCCCC)C(OCCCC)=C(CCCCC)OCCCC. The Morgan fingerprint density at radius 1 is 0.291 bits per heavy atom.